The molecule has 7 heteroatoms. The molecule has 0 aliphatic heterocycles. The molecule has 0 aromatic heterocycles. The summed E-state index contributed by atoms with van der Waals surface area (Å²) in [5, 5.41) is 6.59. The number of carbonyl (C=O) groups excluding carboxylic acids is 1. The summed E-state index contributed by atoms with van der Waals surface area (Å²) in [7, 11) is 5.28. The first-order chi connectivity index (χ1) is 13.1. The highest BCUT2D eigenvalue weighted by Gasteiger charge is 2.12. The number of amides is 1. The van der Waals surface area contributed by atoms with E-state index in [1.165, 1.54) is 38.5 Å². The fourth-order valence-corrected chi connectivity index (χ4v) is 3.23. The standard InChI is InChI=1S/C21H34N4O2.HI/c1-22-21(23-14-15-27-19-8-6-4-5-7-9-19)24-16-17-10-12-18(13-11-17)20(26)25(2)3;/h10-13,19H,4-9,14-16H2,1-3H3,(H2,22,23,24);1H. The number of hydrogen-bond acceptors (Lipinski definition) is 3. The van der Waals surface area contributed by atoms with Crippen LogP contribution in [0.2, 0.25) is 0 Å². The van der Waals surface area contributed by atoms with Crippen molar-refractivity contribution in [2.45, 2.75) is 51.2 Å². The Labute approximate surface area is 186 Å². The molecule has 158 valence electrons. The van der Waals surface area contributed by atoms with Crippen LogP contribution in [0.15, 0.2) is 29.3 Å². The topological polar surface area (TPSA) is 66.0 Å². The van der Waals surface area contributed by atoms with Gasteiger partial charge in [-0.25, -0.2) is 0 Å². The monoisotopic (exact) mass is 502 g/mol. The Kier molecular flexibility index (Phi) is 12.1. The molecule has 0 atom stereocenters. The summed E-state index contributed by atoms with van der Waals surface area (Å²) in [6.07, 6.45) is 8.09. The molecular formula is C21H35IN4O2. The molecule has 2 rings (SSSR count). The number of carbonyl (C=O) groups is 1. The average Bonchev–Trinajstić information content (AvgIpc) is 2.96. The Balaban J connectivity index is 0.00000392. The van der Waals surface area contributed by atoms with Crippen LogP contribution in [0.5, 0.6) is 0 Å². The zero-order chi connectivity index (χ0) is 19.5. The molecule has 1 aromatic carbocycles. The summed E-state index contributed by atoms with van der Waals surface area (Å²) < 4.78 is 5.99. The summed E-state index contributed by atoms with van der Waals surface area (Å²) in [5.74, 6) is 0.772. The highest BCUT2D eigenvalue weighted by atomic mass is 127. The third kappa shape index (κ3) is 8.77. The van der Waals surface area contributed by atoms with Gasteiger partial charge in [-0.2, -0.15) is 0 Å². The van der Waals surface area contributed by atoms with E-state index >= 15 is 0 Å². The minimum absolute atomic E-state index is 0. The third-order valence-corrected chi connectivity index (χ3v) is 4.84. The van der Waals surface area contributed by atoms with Crippen molar-refractivity contribution in [3.63, 3.8) is 0 Å². The second-order valence-electron chi connectivity index (χ2n) is 7.23. The van der Waals surface area contributed by atoms with Gasteiger partial charge in [0.2, 0.25) is 0 Å². The third-order valence-electron chi connectivity index (χ3n) is 4.84. The highest BCUT2D eigenvalue weighted by Crippen LogP contribution is 2.19. The molecule has 6 nitrogen and oxygen atoms in total. The Bertz CT molecular complexity index is 597. The number of aliphatic imine (C=N–C) groups is 1. The maximum Gasteiger partial charge on any atom is 0.253 e. The smallest absolute Gasteiger partial charge is 0.253 e. The van der Waals surface area contributed by atoms with Crippen molar-refractivity contribution < 1.29 is 9.53 Å². The minimum Gasteiger partial charge on any atom is -0.376 e. The summed E-state index contributed by atoms with van der Waals surface area (Å²) in [4.78, 5) is 17.7. The molecule has 1 aromatic rings. The molecule has 0 radical (unpaired) electrons. The van der Waals surface area contributed by atoms with Crippen molar-refractivity contribution in [3.05, 3.63) is 35.4 Å². The van der Waals surface area contributed by atoms with Gasteiger partial charge in [-0.3, -0.25) is 9.79 Å². The molecule has 0 heterocycles. The fourth-order valence-electron chi connectivity index (χ4n) is 3.23. The molecule has 2 N–H and O–H groups in total. The van der Waals surface area contributed by atoms with Gasteiger partial charge in [0.25, 0.3) is 5.91 Å². The zero-order valence-electron chi connectivity index (χ0n) is 17.4. The lowest BCUT2D eigenvalue weighted by atomic mass is 10.1. The number of halogens is 1. The van der Waals surface area contributed by atoms with Gasteiger partial charge in [-0.15, -0.1) is 24.0 Å². The summed E-state index contributed by atoms with van der Waals surface area (Å²) in [5.41, 5.74) is 1.80. The van der Waals surface area contributed by atoms with Crippen LogP contribution in [0.3, 0.4) is 0 Å². The molecule has 28 heavy (non-hydrogen) atoms. The van der Waals surface area contributed by atoms with E-state index in [-0.39, 0.29) is 29.9 Å². The van der Waals surface area contributed by atoms with Crippen LogP contribution in [-0.2, 0) is 11.3 Å². The van der Waals surface area contributed by atoms with Crippen molar-refractivity contribution in [1.29, 1.82) is 0 Å². The Hall–Kier alpha value is -1.35. The molecule has 0 bridgehead atoms. The maximum atomic E-state index is 11.9. The molecule has 0 unspecified atom stereocenters. The number of guanidine groups is 1. The first-order valence-corrected chi connectivity index (χ1v) is 9.97. The zero-order valence-corrected chi connectivity index (χ0v) is 19.7. The molecular weight excluding hydrogens is 467 g/mol. The van der Waals surface area contributed by atoms with E-state index in [0.29, 0.717) is 24.8 Å². The Morgan fingerprint density at radius 2 is 1.75 bits per heavy atom. The SMILES string of the molecule is CN=C(NCCOC1CCCCCC1)NCc1ccc(C(=O)N(C)C)cc1.I. The predicted octanol–water partition coefficient (Wildman–Crippen LogP) is 3.41. The van der Waals surface area contributed by atoms with Gasteiger partial charge >= 0.3 is 0 Å². The van der Waals surface area contributed by atoms with Crippen LogP contribution in [0, 0.1) is 0 Å². The van der Waals surface area contributed by atoms with Gasteiger partial charge in [0.05, 0.1) is 12.7 Å². The van der Waals surface area contributed by atoms with Crippen LogP contribution < -0.4 is 10.6 Å². The molecule has 1 aliphatic rings. The number of nitrogens with zero attached hydrogens (tertiary/aromatic N) is 2. The molecule has 1 aliphatic carbocycles. The highest BCUT2D eigenvalue weighted by molar-refractivity contribution is 14.0. The number of benzene rings is 1. The Morgan fingerprint density at radius 3 is 2.32 bits per heavy atom. The maximum absolute atomic E-state index is 11.9. The lowest BCUT2D eigenvalue weighted by Gasteiger charge is -2.17. The van der Waals surface area contributed by atoms with Gasteiger partial charge in [0.1, 0.15) is 0 Å². The van der Waals surface area contributed by atoms with Crippen LogP contribution in [0.1, 0.15) is 54.4 Å². The quantitative estimate of drug-likeness (QED) is 0.197. The van der Waals surface area contributed by atoms with Crippen LogP contribution in [0.4, 0.5) is 0 Å². The van der Waals surface area contributed by atoms with Crippen LogP contribution in [-0.4, -0.2) is 57.2 Å². The number of hydrogen-bond donors (Lipinski definition) is 2. The van der Waals surface area contributed by atoms with Gasteiger partial charge in [0, 0.05) is 39.8 Å². The van der Waals surface area contributed by atoms with Crippen molar-refractivity contribution in [1.82, 2.24) is 15.5 Å². The Morgan fingerprint density at radius 1 is 1.11 bits per heavy atom. The van der Waals surface area contributed by atoms with Gasteiger partial charge in [0.15, 0.2) is 5.96 Å². The van der Waals surface area contributed by atoms with E-state index in [0.717, 1.165) is 18.1 Å². The first-order valence-electron chi connectivity index (χ1n) is 9.97. The second-order valence-corrected chi connectivity index (χ2v) is 7.23. The van der Waals surface area contributed by atoms with Crippen molar-refractivity contribution in [2.24, 2.45) is 4.99 Å². The minimum atomic E-state index is 0. The number of rotatable bonds is 7. The average molecular weight is 502 g/mol. The molecule has 1 fully saturated rings. The van der Waals surface area contributed by atoms with Crippen molar-refractivity contribution in [2.75, 3.05) is 34.3 Å². The fraction of sp³-hybridized carbons (Fsp3) is 0.619. The van der Waals surface area contributed by atoms with E-state index in [4.69, 9.17) is 4.74 Å². The van der Waals surface area contributed by atoms with E-state index in [1.807, 2.05) is 24.3 Å². The molecule has 1 amide bonds. The molecule has 1 saturated carbocycles. The number of nitrogens with one attached hydrogen (secondary N) is 2. The van der Waals surface area contributed by atoms with E-state index in [9.17, 15) is 4.79 Å². The largest absolute Gasteiger partial charge is 0.376 e. The summed E-state index contributed by atoms with van der Waals surface area (Å²) in [6.45, 7) is 2.10. The summed E-state index contributed by atoms with van der Waals surface area (Å²) >= 11 is 0. The molecule has 0 saturated heterocycles. The lowest BCUT2D eigenvalue weighted by Crippen LogP contribution is -2.38. The van der Waals surface area contributed by atoms with E-state index < -0.39 is 0 Å². The second kappa shape index (κ2) is 13.8. The van der Waals surface area contributed by atoms with E-state index in [1.54, 1.807) is 26.0 Å². The van der Waals surface area contributed by atoms with E-state index in [2.05, 4.69) is 15.6 Å². The predicted molar refractivity (Wildman–Crippen MR) is 126 cm³/mol. The number of ether oxygens (including phenoxy) is 1. The lowest BCUT2D eigenvalue weighted by molar-refractivity contribution is 0.0468. The van der Waals surface area contributed by atoms with Crippen molar-refractivity contribution >= 4 is 35.8 Å². The summed E-state index contributed by atoms with van der Waals surface area (Å²) in [6, 6.07) is 7.64. The van der Waals surface area contributed by atoms with Gasteiger partial charge in [-0.05, 0) is 30.5 Å². The normalized spacial score (nSPS) is 15.3. The van der Waals surface area contributed by atoms with Crippen molar-refractivity contribution in [3.8, 4) is 0 Å². The van der Waals surface area contributed by atoms with Crippen LogP contribution >= 0.6 is 24.0 Å². The van der Waals surface area contributed by atoms with Gasteiger partial charge in [-0.1, -0.05) is 37.8 Å². The van der Waals surface area contributed by atoms with Crippen LogP contribution in [0.25, 0.3) is 0 Å². The molecule has 0 spiro atoms. The first kappa shape index (κ1) is 24.7. The van der Waals surface area contributed by atoms with Gasteiger partial charge < -0.3 is 20.3 Å².